The maximum absolute atomic E-state index is 11.9. The average molecular weight is 249 g/mol. The van der Waals surface area contributed by atoms with Gasteiger partial charge in [0.05, 0.1) is 0 Å². The van der Waals surface area contributed by atoms with Crippen molar-refractivity contribution < 1.29 is 4.79 Å². The molecule has 2 heterocycles. The summed E-state index contributed by atoms with van der Waals surface area (Å²) < 4.78 is 0. The third-order valence-electron chi connectivity index (χ3n) is 3.59. The van der Waals surface area contributed by atoms with Gasteiger partial charge in [0.1, 0.15) is 5.82 Å². The van der Waals surface area contributed by atoms with Crippen molar-refractivity contribution in [3.05, 3.63) is 11.6 Å². The van der Waals surface area contributed by atoms with Gasteiger partial charge in [-0.2, -0.15) is 0 Å². The van der Waals surface area contributed by atoms with Gasteiger partial charge < -0.3 is 10.6 Å². The first-order chi connectivity index (χ1) is 8.83. The molecule has 1 atom stereocenters. The van der Waals surface area contributed by atoms with E-state index in [1.807, 2.05) is 0 Å². The molecule has 1 aliphatic carbocycles. The number of aromatic nitrogens is 3. The molecule has 1 unspecified atom stereocenters. The Morgan fingerprint density at radius 1 is 1.33 bits per heavy atom. The summed E-state index contributed by atoms with van der Waals surface area (Å²) in [5.74, 6) is 1.45. The molecule has 6 nitrogen and oxygen atoms in total. The number of hydrogen-bond acceptors (Lipinski definition) is 4. The summed E-state index contributed by atoms with van der Waals surface area (Å²) in [7, 11) is 0. The van der Waals surface area contributed by atoms with Crippen molar-refractivity contribution in [3.63, 3.8) is 0 Å². The van der Waals surface area contributed by atoms with Crippen LogP contribution in [-0.2, 0) is 0 Å². The lowest BCUT2D eigenvalue weighted by molar-refractivity contribution is 0.0937. The van der Waals surface area contributed by atoms with Crippen LogP contribution >= 0.6 is 0 Å². The minimum Gasteiger partial charge on any atom is -0.348 e. The van der Waals surface area contributed by atoms with Crippen LogP contribution in [-0.4, -0.2) is 40.2 Å². The highest BCUT2D eigenvalue weighted by atomic mass is 16.2. The maximum Gasteiger partial charge on any atom is 0.291 e. The number of H-pyrrole nitrogens is 1. The van der Waals surface area contributed by atoms with E-state index < -0.39 is 0 Å². The molecular formula is C12H19N5O. The van der Waals surface area contributed by atoms with Gasteiger partial charge in [0.15, 0.2) is 0 Å². The van der Waals surface area contributed by atoms with Crippen LogP contribution in [0.2, 0.25) is 0 Å². The topological polar surface area (TPSA) is 82.7 Å². The molecule has 6 heteroatoms. The number of carbonyl (C=O) groups is 1. The monoisotopic (exact) mass is 249 g/mol. The standard InChI is InChI=1S/C12H19N5O/c18-12(14-7-9-3-1-2-6-13-9)11-15-10(16-17-11)8-4-5-8/h8-9,13H,1-7H2,(H,14,18)(H,15,16,17). The van der Waals surface area contributed by atoms with Crippen LogP contribution in [0.25, 0.3) is 0 Å². The molecule has 0 bridgehead atoms. The fourth-order valence-electron chi connectivity index (χ4n) is 2.31. The fourth-order valence-corrected chi connectivity index (χ4v) is 2.31. The van der Waals surface area contributed by atoms with Crippen molar-refractivity contribution in [3.8, 4) is 0 Å². The Labute approximate surface area is 106 Å². The summed E-state index contributed by atoms with van der Waals surface area (Å²) in [5, 5.41) is 13.1. The zero-order valence-electron chi connectivity index (χ0n) is 10.4. The molecule has 3 N–H and O–H groups in total. The average Bonchev–Trinajstić information content (AvgIpc) is 3.15. The van der Waals surface area contributed by atoms with E-state index in [-0.39, 0.29) is 11.7 Å². The van der Waals surface area contributed by atoms with Crippen LogP contribution in [0.15, 0.2) is 0 Å². The number of nitrogens with one attached hydrogen (secondary N) is 3. The Kier molecular flexibility index (Phi) is 3.27. The van der Waals surface area contributed by atoms with Gasteiger partial charge in [0.25, 0.3) is 5.91 Å². The van der Waals surface area contributed by atoms with Gasteiger partial charge in [0.2, 0.25) is 5.82 Å². The summed E-state index contributed by atoms with van der Waals surface area (Å²) in [6, 6.07) is 0.393. The van der Waals surface area contributed by atoms with Gasteiger partial charge in [-0.3, -0.25) is 9.89 Å². The first-order valence-corrected chi connectivity index (χ1v) is 6.77. The first-order valence-electron chi connectivity index (χ1n) is 6.77. The van der Waals surface area contributed by atoms with Gasteiger partial charge in [-0.05, 0) is 32.2 Å². The van der Waals surface area contributed by atoms with Gasteiger partial charge in [-0.1, -0.05) is 6.42 Å². The molecule has 1 aromatic heterocycles. The van der Waals surface area contributed by atoms with E-state index in [9.17, 15) is 4.79 Å². The van der Waals surface area contributed by atoms with Crippen molar-refractivity contribution in [1.82, 2.24) is 25.8 Å². The highest BCUT2D eigenvalue weighted by Crippen LogP contribution is 2.37. The fraction of sp³-hybridized carbons (Fsp3) is 0.750. The van der Waals surface area contributed by atoms with Crippen molar-refractivity contribution >= 4 is 5.91 Å². The molecule has 1 saturated heterocycles. The molecular weight excluding hydrogens is 230 g/mol. The zero-order chi connectivity index (χ0) is 12.4. The van der Waals surface area contributed by atoms with E-state index in [1.54, 1.807) is 0 Å². The molecule has 0 radical (unpaired) electrons. The van der Waals surface area contributed by atoms with Crippen molar-refractivity contribution in [2.24, 2.45) is 0 Å². The van der Waals surface area contributed by atoms with E-state index in [4.69, 9.17) is 0 Å². The largest absolute Gasteiger partial charge is 0.348 e. The van der Waals surface area contributed by atoms with Crippen molar-refractivity contribution in [2.45, 2.75) is 44.1 Å². The van der Waals surface area contributed by atoms with Gasteiger partial charge >= 0.3 is 0 Å². The normalized spacial score (nSPS) is 23.9. The van der Waals surface area contributed by atoms with E-state index in [0.29, 0.717) is 18.5 Å². The summed E-state index contributed by atoms with van der Waals surface area (Å²) in [5.41, 5.74) is 0. The molecule has 18 heavy (non-hydrogen) atoms. The number of hydrogen-bond donors (Lipinski definition) is 3. The number of nitrogens with zero attached hydrogens (tertiary/aromatic N) is 2. The molecule has 3 rings (SSSR count). The lowest BCUT2D eigenvalue weighted by Crippen LogP contribution is -2.43. The number of amides is 1. The number of piperidine rings is 1. The summed E-state index contributed by atoms with van der Waals surface area (Å²) in [6.45, 7) is 1.71. The highest BCUT2D eigenvalue weighted by Gasteiger charge is 2.28. The third kappa shape index (κ3) is 2.69. The SMILES string of the molecule is O=C(NCC1CCCCN1)c1n[nH]c(C2CC2)n1. The summed E-state index contributed by atoms with van der Waals surface area (Å²) in [4.78, 5) is 16.1. The second kappa shape index (κ2) is 5.06. The molecule has 1 aliphatic heterocycles. The molecule has 0 spiro atoms. The van der Waals surface area contributed by atoms with Gasteiger partial charge in [-0.15, -0.1) is 5.10 Å². The molecule has 2 fully saturated rings. The van der Waals surface area contributed by atoms with Crippen LogP contribution in [0.4, 0.5) is 0 Å². The molecule has 2 aliphatic rings. The summed E-state index contributed by atoms with van der Waals surface area (Å²) >= 11 is 0. The highest BCUT2D eigenvalue weighted by molar-refractivity contribution is 5.90. The minimum absolute atomic E-state index is 0.175. The molecule has 1 saturated carbocycles. The zero-order valence-corrected chi connectivity index (χ0v) is 10.4. The number of rotatable bonds is 4. The number of aromatic amines is 1. The van der Waals surface area contributed by atoms with Gasteiger partial charge in [-0.25, -0.2) is 4.98 Å². The van der Waals surface area contributed by atoms with E-state index in [2.05, 4.69) is 25.8 Å². The second-order valence-corrected chi connectivity index (χ2v) is 5.18. The predicted octanol–water partition coefficient (Wildman–Crippen LogP) is 0.554. The molecule has 1 amide bonds. The lowest BCUT2D eigenvalue weighted by atomic mass is 10.1. The predicted molar refractivity (Wildman–Crippen MR) is 66.3 cm³/mol. The van der Waals surface area contributed by atoms with Crippen LogP contribution < -0.4 is 10.6 Å². The van der Waals surface area contributed by atoms with Gasteiger partial charge in [0, 0.05) is 18.5 Å². The molecule has 1 aromatic rings. The number of carbonyl (C=O) groups excluding carboxylic acids is 1. The maximum atomic E-state index is 11.9. The Bertz CT molecular complexity index is 420. The second-order valence-electron chi connectivity index (χ2n) is 5.18. The third-order valence-corrected chi connectivity index (χ3v) is 3.59. The van der Waals surface area contributed by atoms with Crippen LogP contribution in [0.1, 0.15) is 54.5 Å². The molecule has 98 valence electrons. The lowest BCUT2D eigenvalue weighted by Gasteiger charge is -2.23. The van der Waals surface area contributed by atoms with Crippen LogP contribution in [0.5, 0.6) is 0 Å². The summed E-state index contributed by atoms with van der Waals surface area (Å²) in [6.07, 6.45) is 5.90. The van der Waals surface area contributed by atoms with Crippen molar-refractivity contribution in [2.75, 3.05) is 13.1 Å². The van der Waals surface area contributed by atoms with E-state index in [0.717, 1.165) is 31.6 Å². The quantitative estimate of drug-likeness (QED) is 0.728. The van der Waals surface area contributed by atoms with E-state index >= 15 is 0 Å². The van der Waals surface area contributed by atoms with E-state index in [1.165, 1.54) is 12.8 Å². The smallest absolute Gasteiger partial charge is 0.291 e. The Morgan fingerprint density at radius 3 is 2.94 bits per heavy atom. The Hall–Kier alpha value is -1.43. The minimum atomic E-state index is -0.175. The van der Waals surface area contributed by atoms with Crippen LogP contribution in [0, 0.1) is 0 Å². The Balaban J connectivity index is 1.50. The molecule has 0 aromatic carbocycles. The van der Waals surface area contributed by atoms with Crippen LogP contribution in [0.3, 0.4) is 0 Å². The first kappa shape index (κ1) is 11.6. The van der Waals surface area contributed by atoms with Crippen molar-refractivity contribution in [1.29, 1.82) is 0 Å². The Morgan fingerprint density at radius 2 is 2.22 bits per heavy atom.